The van der Waals surface area contributed by atoms with Crippen molar-refractivity contribution < 1.29 is 9.53 Å². The van der Waals surface area contributed by atoms with Crippen LogP contribution in [0.2, 0.25) is 0 Å². The van der Waals surface area contributed by atoms with Gasteiger partial charge in [0.2, 0.25) is 11.1 Å². The van der Waals surface area contributed by atoms with E-state index in [9.17, 15) is 4.79 Å². The lowest BCUT2D eigenvalue weighted by molar-refractivity contribution is -0.120. The first-order valence-corrected chi connectivity index (χ1v) is 9.07. The summed E-state index contributed by atoms with van der Waals surface area (Å²) in [6.45, 7) is 1.89. The number of nitrogens with one attached hydrogen (secondary N) is 2. The Balaban J connectivity index is 1.59. The standard InChI is InChI=1S/C17H22N4O2S/c1-11(16(22)18-13-5-3-4-6-13)24-17-19-15(20-21-17)12-7-9-14(23-2)10-8-12/h7-11,13H,3-6H2,1-2H3,(H,18,22)(H,19,20,21)/t11-/m1/s1. The van der Waals surface area contributed by atoms with E-state index in [4.69, 9.17) is 4.74 Å². The van der Waals surface area contributed by atoms with Crippen molar-refractivity contribution in [3.63, 3.8) is 0 Å². The molecule has 0 unspecified atom stereocenters. The predicted molar refractivity (Wildman–Crippen MR) is 94.1 cm³/mol. The zero-order valence-corrected chi connectivity index (χ0v) is 14.7. The number of amides is 1. The molecule has 0 bridgehead atoms. The second-order valence-corrected chi connectivity index (χ2v) is 7.25. The molecule has 0 aliphatic heterocycles. The van der Waals surface area contributed by atoms with E-state index in [0.717, 1.165) is 24.2 Å². The maximum absolute atomic E-state index is 12.2. The van der Waals surface area contributed by atoms with Gasteiger partial charge in [-0.25, -0.2) is 4.98 Å². The van der Waals surface area contributed by atoms with Crippen LogP contribution in [0, 0.1) is 0 Å². The van der Waals surface area contributed by atoms with Crippen LogP contribution in [0.4, 0.5) is 0 Å². The van der Waals surface area contributed by atoms with Gasteiger partial charge in [-0.15, -0.1) is 5.10 Å². The number of aromatic nitrogens is 3. The molecule has 0 radical (unpaired) electrons. The number of methoxy groups -OCH3 is 1. The number of H-pyrrole nitrogens is 1. The third kappa shape index (κ3) is 4.08. The van der Waals surface area contributed by atoms with Crippen LogP contribution >= 0.6 is 11.8 Å². The molecule has 1 atom stereocenters. The number of hydrogen-bond acceptors (Lipinski definition) is 5. The molecule has 1 aliphatic rings. The molecule has 1 aliphatic carbocycles. The molecule has 6 nitrogen and oxygen atoms in total. The van der Waals surface area contributed by atoms with Crippen LogP contribution in [-0.2, 0) is 4.79 Å². The lowest BCUT2D eigenvalue weighted by Gasteiger charge is -2.15. The molecular weight excluding hydrogens is 324 g/mol. The highest BCUT2D eigenvalue weighted by molar-refractivity contribution is 8.00. The van der Waals surface area contributed by atoms with Crippen molar-refractivity contribution in [2.45, 2.75) is 49.1 Å². The molecular formula is C17H22N4O2S. The number of nitrogens with zero attached hydrogens (tertiary/aromatic N) is 2. The van der Waals surface area contributed by atoms with Gasteiger partial charge < -0.3 is 10.1 Å². The molecule has 1 heterocycles. The molecule has 1 fully saturated rings. The smallest absolute Gasteiger partial charge is 0.233 e. The number of ether oxygens (including phenoxy) is 1. The molecule has 1 aromatic carbocycles. The van der Waals surface area contributed by atoms with Gasteiger partial charge in [0.05, 0.1) is 12.4 Å². The van der Waals surface area contributed by atoms with E-state index in [-0.39, 0.29) is 11.2 Å². The fourth-order valence-electron chi connectivity index (χ4n) is 2.78. The van der Waals surface area contributed by atoms with Crippen molar-refractivity contribution in [3.8, 4) is 17.1 Å². The van der Waals surface area contributed by atoms with Crippen molar-refractivity contribution in [1.82, 2.24) is 20.5 Å². The third-order valence-corrected chi connectivity index (χ3v) is 5.14. The molecule has 1 amide bonds. The summed E-state index contributed by atoms with van der Waals surface area (Å²) in [5.74, 6) is 1.54. The Hall–Kier alpha value is -2.02. The van der Waals surface area contributed by atoms with E-state index in [2.05, 4.69) is 20.5 Å². The van der Waals surface area contributed by atoms with E-state index >= 15 is 0 Å². The van der Waals surface area contributed by atoms with Crippen molar-refractivity contribution in [2.24, 2.45) is 0 Å². The first kappa shape index (κ1) is 16.8. The average Bonchev–Trinajstić information content (AvgIpc) is 3.27. The van der Waals surface area contributed by atoms with Crippen LogP contribution in [0.1, 0.15) is 32.6 Å². The van der Waals surface area contributed by atoms with Crippen molar-refractivity contribution in [2.75, 3.05) is 7.11 Å². The van der Waals surface area contributed by atoms with Gasteiger partial charge in [-0.1, -0.05) is 24.6 Å². The Labute approximate surface area is 145 Å². The summed E-state index contributed by atoms with van der Waals surface area (Å²) in [5, 5.41) is 10.6. The molecule has 0 saturated heterocycles. The Kier molecular flexibility index (Phi) is 5.40. The molecule has 2 aromatic rings. The fourth-order valence-corrected chi connectivity index (χ4v) is 3.51. The zero-order valence-electron chi connectivity index (χ0n) is 13.9. The molecule has 3 rings (SSSR count). The minimum absolute atomic E-state index is 0.0581. The summed E-state index contributed by atoms with van der Waals surface area (Å²) in [6.07, 6.45) is 4.59. The summed E-state index contributed by atoms with van der Waals surface area (Å²) in [6, 6.07) is 7.93. The topological polar surface area (TPSA) is 79.9 Å². The monoisotopic (exact) mass is 346 g/mol. The van der Waals surface area contributed by atoms with E-state index in [1.165, 1.54) is 24.6 Å². The molecule has 128 valence electrons. The minimum Gasteiger partial charge on any atom is -0.497 e. The number of carbonyl (C=O) groups excluding carboxylic acids is 1. The maximum atomic E-state index is 12.2. The maximum Gasteiger partial charge on any atom is 0.233 e. The van der Waals surface area contributed by atoms with Gasteiger partial charge in [0, 0.05) is 11.6 Å². The highest BCUT2D eigenvalue weighted by atomic mass is 32.2. The summed E-state index contributed by atoms with van der Waals surface area (Å²) in [7, 11) is 1.64. The van der Waals surface area contributed by atoms with Crippen LogP contribution in [0.5, 0.6) is 5.75 Å². The van der Waals surface area contributed by atoms with Gasteiger partial charge in [0.25, 0.3) is 0 Å². The Bertz CT molecular complexity index is 680. The average molecular weight is 346 g/mol. The van der Waals surface area contributed by atoms with E-state index in [1.807, 2.05) is 31.2 Å². The molecule has 1 aromatic heterocycles. The first-order valence-electron chi connectivity index (χ1n) is 8.19. The Morgan fingerprint density at radius 2 is 2.04 bits per heavy atom. The third-order valence-electron chi connectivity index (χ3n) is 4.18. The van der Waals surface area contributed by atoms with Crippen LogP contribution in [-0.4, -0.2) is 39.5 Å². The van der Waals surface area contributed by atoms with Crippen LogP contribution < -0.4 is 10.1 Å². The van der Waals surface area contributed by atoms with Crippen LogP contribution in [0.3, 0.4) is 0 Å². The molecule has 0 spiro atoms. The van der Waals surface area contributed by atoms with Gasteiger partial charge in [-0.05, 0) is 44.0 Å². The molecule has 24 heavy (non-hydrogen) atoms. The summed E-state index contributed by atoms with van der Waals surface area (Å²) in [4.78, 5) is 16.7. The van der Waals surface area contributed by atoms with Crippen molar-refractivity contribution >= 4 is 17.7 Å². The van der Waals surface area contributed by atoms with Crippen molar-refractivity contribution in [1.29, 1.82) is 0 Å². The van der Waals surface area contributed by atoms with Gasteiger partial charge in [0.1, 0.15) is 5.75 Å². The predicted octanol–water partition coefficient (Wildman–Crippen LogP) is 3.02. The van der Waals surface area contributed by atoms with Gasteiger partial charge in [0.15, 0.2) is 5.82 Å². The zero-order chi connectivity index (χ0) is 16.9. The summed E-state index contributed by atoms with van der Waals surface area (Å²) < 4.78 is 5.15. The SMILES string of the molecule is COc1ccc(-c2nc(S[C@H](C)C(=O)NC3CCCC3)n[nH]2)cc1. The van der Waals surface area contributed by atoms with E-state index in [1.54, 1.807) is 7.11 Å². The molecule has 7 heteroatoms. The molecule has 2 N–H and O–H groups in total. The lowest BCUT2D eigenvalue weighted by atomic mass is 10.2. The Morgan fingerprint density at radius 1 is 1.33 bits per heavy atom. The second-order valence-electron chi connectivity index (χ2n) is 5.95. The normalized spacial score (nSPS) is 16.1. The number of aromatic amines is 1. The van der Waals surface area contributed by atoms with Crippen molar-refractivity contribution in [3.05, 3.63) is 24.3 Å². The van der Waals surface area contributed by atoms with Gasteiger partial charge >= 0.3 is 0 Å². The van der Waals surface area contributed by atoms with Crippen LogP contribution in [0.15, 0.2) is 29.4 Å². The fraction of sp³-hybridized carbons (Fsp3) is 0.471. The van der Waals surface area contributed by atoms with E-state index < -0.39 is 0 Å². The largest absolute Gasteiger partial charge is 0.497 e. The molecule has 1 saturated carbocycles. The number of benzene rings is 1. The second kappa shape index (κ2) is 7.70. The number of rotatable bonds is 6. The quantitative estimate of drug-likeness (QED) is 0.786. The summed E-state index contributed by atoms with van der Waals surface area (Å²) >= 11 is 1.37. The minimum atomic E-state index is -0.217. The first-order chi connectivity index (χ1) is 11.7. The van der Waals surface area contributed by atoms with E-state index in [0.29, 0.717) is 17.0 Å². The number of carbonyl (C=O) groups is 1. The van der Waals surface area contributed by atoms with Gasteiger partial charge in [-0.3, -0.25) is 9.89 Å². The van der Waals surface area contributed by atoms with Crippen LogP contribution in [0.25, 0.3) is 11.4 Å². The lowest BCUT2D eigenvalue weighted by Crippen LogP contribution is -2.37. The Morgan fingerprint density at radius 3 is 2.71 bits per heavy atom. The number of thioether (sulfide) groups is 1. The number of hydrogen-bond donors (Lipinski definition) is 2. The highest BCUT2D eigenvalue weighted by Gasteiger charge is 2.22. The highest BCUT2D eigenvalue weighted by Crippen LogP contribution is 2.25. The summed E-state index contributed by atoms with van der Waals surface area (Å²) in [5.41, 5.74) is 0.929. The van der Waals surface area contributed by atoms with Gasteiger partial charge in [-0.2, -0.15) is 0 Å².